The molecule has 0 spiro atoms. The Labute approximate surface area is 125 Å². The summed E-state index contributed by atoms with van der Waals surface area (Å²) in [4.78, 5) is 13.8. The molecule has 0 amide bonds. The summed E-state index contributed by atoms with van der Waals surface area (Å²) in [5, 5.41) is 8.52. The highest BCUT2D eigenvalue weighted by atomic mass is 16.1. The van der Waals surface area contributed by atoms with Gasteiger partial charge in [0.05, 0.1) is 5.69 Å². The SMILES string of the molecule is CC(C)N1CCCCC1Cc1nnc2cccc(C=O)n12. The fourth-order valence-corrected chi connectivity index (χ4v) is 3.38. The Bertz CT molecular complexity index is 634. The number of likely N-dealkylation sites (tertiary alicyclic amines) is 1. The average molecular weight is 286 g/mol. The second-order valence-electron chi connectivity index (χ2n) is 6.06. The standard InChI is InChI=1S/C16H22N4O/c1-12(2)19-9-4-3-6-13(19)10-16-18-17-15-8-5-7-14(11-21)20(15)16/h5,7-8,11-13H,3-4,6,9-10H2,1-2H3. The van der Waals surface area contributed by atoms with Crippen molar-refractivity contribution >= 4 is 11.9 Å². The number of aldehydes is 1. The van der Waals surface area contributed by atoms with E-state index in [-0.39, 0.29) is 0 Å². The Morgan fingerprint density at radius 3 is 2.95 bits per heavy atom. The minimum atomic E-state index is 0.492. The highest BCUT2D eigenvalue weighted by Gasteiger charge is 2.26. The lowest BCUT2D eigenvalue weighted by Crippen LogP contribution is -2.45. The lowest BCUT2D eigenvalue weighted by Gasteiger charge is -2.38. The molecule has 5 nitrogen and oxygen atoms in total. The van der Waals surface area contributed by atoms with Gasteiger partial charge in [-0.3, -0.25) is 14.1 Å². The topological polar surface area (TPSA) is 50.5 Å². The first-order valence-electron chi connectivity index (χ1n) is 7.74. The molecule has 1 fully saturated rings. The van der Waals surface area contributed by atoms with Crippen LogP contribution in [0.4, 0.5) is 0 Å². The van der Waals surface area contributed by atoms with Crippen LogP contribution in [0.5, 0.6) is 0 Å². The highest BCUT2D eigenvalue weighted by molar-refractivity contribution is 5.73. The first kappa shape index (κ1) is 14.2. The molecule has 5 heteroatoms. The van der Waals surface area contributed by atoms with Crippen molar-refractivity contribution in [3.8, 4) is 0 Å². The van der Waals surface area contributed by atoms with Gasteiger partial charge in [-0.1, -0.05) is 12.5 Å². The summed E-state index contributed by atoms with van der Waals surface area (Å²) in [5.74, 6) is 0.894. The summed E-state index contributed by atoms with van der Waals surface area (Å²) < 4.78 is 1.89. The second-order valence-corrected chi connectivity index (χ2v) is 6.06. The highest BCUT2D eigenvalue weighted by Crippen LogP contribution is 2.22. The van der Waals surface area contributed by atoms with E-state index in [1.807, 2.05) is 22.6 Å². The number of hydrogen-bond acceptors (Lipinski definition) is 4. The number of rotatable bonds is 4. The molecule has 2 aromatic rings. The molecular formula is C16H22N4O. The molecule has 1 aliphatic heterocycles. The molecule has 0 bridgehead atoms. The van der Waals surface area contributed by atoms with Crippen molar-refractivity contribution < 1.29 is 4.79 Å². The fraction of sp³-hybridized carbons (Fsp3) is 0.562. The van der Waals surface area contributed by atoms with Gasteiger partial charge >= 0.3 is 0 Å². The molecule has 112 valence electrons. The van der Waals surface area contributed by atoms with Gasteiger partial charge < -0.3 is 0 Å². The van der Waals surface area contributed by atoms with E-state index in [4.69, 9.17) is 0 Å². The van der Waals surface area contributed by atoms with Gasteiger partial charge in [-0.15, -0.1) is 10.2 Å². The van der Waals surface area contributed by atoms with Gasteiger partial charge in [0.1, 0.15) is 5.82 Å². The Balaban J connectivity index is 1.92. The molecule has 1 saturated heterocycles. The molecule has 0 saturated carbocycles. The predicted octanol–water partition coefficient (Wildman–Crippen LogP) is 2.35. The van der Waals surface area contributed by atoms with Gasteiger partial charge in [-0.2, -0.15) is 0 Å². The monoisotopic (exact) mass is 286 g/mol. The van der Waals surface area contributed by atoms with E-state index in [0.717, 1.165) is 30.7 Å². The number of nitrogens with zero attached hydrogens (tertiary/aromatic N) is 4. The zero-order valence-electron chi connectivity index (χ0n) is 12.7. The lowest BCUT2D eigenvalue weighted by molar-refractivity contribution is 0.109. The van der Waals surface area contributed by atoms with Crippen molar-refractivity contribution in [2.24, 2.45) is 0 Å². The molecule has 0 aliphatic carbocycles. The maximum atomic E-state index is 11.2. The number of carbonyl (C=O) groups is 1. The van der Waals surface area contributed by atoms with Gasteiger partial charge in [0.2, 0.25) is 0 Å². The van der Waals surface area contributed by atoms with Crippen LogP contribution in [0.2, 0.25) is 0 Å². The Morgan fingerprint density at radius 2 is 2.19 bits per heavy atom. The average Bonchev–Trinajstić information content (AvgIpc) is 2.91. The van der Waals surface area contributed by atoms with Crippen LogP contribution in [0.25, 0.3) is 5.65 Å². The van der Waals surface area contributed by atoms with Crippen LogP contribution in [-0.2, 0) is 6.42 Å². The van der Waals surface area contributed by atoms with Crippen molar-refractivity contribution in [2.45, 2.75) is 51.6 Å². The Hall–Kier alpha value is -1.75. The van der Waals surface area contributed by atoms with Crippen LogP contribution in [0.3, 0.4) is 0 Å². The molecule has 1 aliphatic rings. The minimum absolute atomic E-state index is 0.492. The molecule has 3 rings (SSSR count). The number of piperidine rings is 1. The normalized spacial score (nSPS) is 20.2. The Kier molecular flexibility index (Phi) is 4.01. The molecule has 0 aromatic carbocycles. The summed E-state index contributed by atoms with van der Waals surface area (Å²) in [6, 6.07) is 6.59. The van der Waals surface area contributed by atoms with E-state index in [9.17, 15) is 4.79 Å². The Morgan fingerprint density at radius 1 is 1.33 bits per heavy atom. The quantitative estimate of drug-likeness (QED) is 0.810. The van der Waals surface area contributed by atoms with Crippen molar-refractivity contribution in [3.63, 3.8) is 0 Å². The van der Waals surface area contributed by atoms with Gasteiger partial charge in [0.25, 0.3) is 0 Å². The van der Waals surface area contributed by atoms with E-state index in [1.54, 1.807) is 0 Å². The summed E-state index contributed by atoms with van der Waals surface area (Å²) in [5.41, 5.74) is 1.38. The number of carbonyl (C=O) groups excluding carboxylic acids is 1. The maximum absolute atomic E-state index is 11.2. The van der Waals surface area contributed by atoms with E-state index in [2.05, 4.69) is 28.9 Å². The number of fused-ring (bicyclic) bond motifs is 1. The van der Waals surface area contributed by atoms with E-state index in [1.165, 1.54) is 19.3 Å². The summed E-state index contributed by atoms with van der Waals surface area (Å²) in [6.07, 6.45) is 5.46. The van der Waals surface area contributed by atoms with Gasteiger partial charge in [0.15, 0.2) is 11.9 Å². The zero-order chi connectivity index (χ0) is 14.8. The third kappa shape index (κ3) is 2.70. The van der Waals surface area contributed by atoms with Crippen LogP contribution >= 0.6 is 0 Å². The largest absolute Gasteiger partial charge is 0.298 e. The zero-order valence-corrected chi connectivity index (χ0v) is 12.7. The van der Waals surface area contributed by atoms with Crippen LogP contribution in [0.1, 0.15) is 49.4 Å². The number of hydrogen-bond donors (Lipinski definition) is 0. The van der Waals surface area contributed by atoms with E-state index in [0.29, 0.717) is 17.8 Å². The number of pyridine rings is 1. The first-order valence-corrected chi connectivity index (χ1v) is 7.74. The molecular weight excluding hydrogens is 264 g/mol. The van der Waals surface area contributed by atoms with Crippen molar-refractivity contribution in [1.82, 2.24) is 19.5 Å². The van der Waals surface area contributed by atoms with Crippen LogP contribution in [0, 0.1) is 0 Å². The molecule has 3 heterocycles. The smallest absolute Gasteiger partial charge is 0.166 e. The molecule has 1 unspecified atom stereocenters. The molecule has 0 N–H and O–H groups in total. The van der Waals surface area contributed by atoms with Crippen molar-refractivity contribution in [1.29, 1.82) is 0 Å². The number of aromatic nitrogens is 3. The molecule has 1 atom stereocenters. The predicted molar refractivity (Wildman–Crippen MR) is 81.6 cm³/mol. The van der Waals surface area contributed by atoms with Gasteiger partial charge in [-0.05, 0) is 45.4 Å². The van der Waals surface area contributed by atoms with E-state index < -0.39 is 0 Å². The summed E-state index contributed by atoms with van der Waals surface area (Å²) in [6.45, 7) is 5.65. The van der Waals surface area contributed by atoms with E-state index >= 15 is 0 Å². The molecule has 21 heavy (non-hydrogen) atoms. The first-order chi connectivity index (χ1) is 10.2. The summed E-state index contributed by atoms with van der Waals surface area (Å²) in [7, 11) is 0. The third-order valence-electron chi connectivity index (χ3n) is 4.40. The third-order valence-corrected chi connectivity index (χ3v) is 4.40. The molecule has 0 radical (unpaired) electrons. The van der Waals surface area contributed by atoms with Crippen LogP contribution in [0.15, 0.2) is 18.2 Å². The van der Waals surface area contributed by atoms with Crippen molar-refractivity contribution in [3.05, 3.63) is 29.7 Å². The second kappa shape index (κ2) is 5.93. The van der Waals surface area contributed by atoms with Gasteiger partial charge in [-0.25, -0.2) is 0 Å². The fourth-order valence-electron chi connectivity index (χ4n) is 3.38. The van der Waals surface area contributed by atoms with Crippen molar-refractivity contribution in [2.75, 3.05) is 6.54 Å². The van der Waals surface area contributed by atoms with Crippen LogP contribution < -0.4 is 0 Å². The lowest BCUT2D eigenvalue weighted by atomic mass is 9.97. The van der Waals surface area contributed by atoms with Crippen LogP contribution in [-0.4, -0.2) is 44.4 Å². The summed E-state index contributed by atoms with van der Waals surface area (Å²) >= 11 is 0. The van der Waals surface area contributed by atoms with Gasteiger partial charge in [0, 0.05) is 18.5 Å². The minimum Gasteiger partial charge on any atom is -0.298 e. The maximum Gasteiger partial charge on any atom is 0.166 e. The molecule has 2 aromatic heterocycles.